The molecule has 4 nitrogen and oxygen atoms in total. The number of hydrogen-bond acceptors (Lipinski definition) is 4. The molecule has 0 radical (unpaired) electrons. The number of aryl methyl sites for hydroxylation is 1. The average Bonchev–Trinajstić information content (AvgIpc) is 2.99. The number of nitrogens with one attached hydrogen (secondary N) is 1. The topological polar surface area (TPSA) is 35.6 Å². The van der Waals surface area contributed by atoms with Gasteiger partial charge in [-0.25, -0.2) is 0 Å². The number of allylic oxidation sites excluding steroid dienone is 9. The van der Waals surface area contributed by atoms with Crippen LogP contribution >= 0.6 is 0 Å². The average molecular weight is 526 g/mol. The molecule has 1 unspecified atom stereocenters. The third-order valence-electron chi connectivity index (χ3n) is 7.61. The molecule has 0 fully saturated rings. The summed E-state index contributed by atoms with van der Waals surface area (Å²) in [5.41, 5.74) is 9.19. The lowest BCUT2D eigenvalue weighted by atomic mass is 9.86. The quantitative estimate of drug-likeness (QED) is 0.256. The third kappa shape index (κ3) is 7.83. The van der Waals surface area contributed by atoms with E-state index in [0.29, 0.717) is 6.54 Å². The number of carbonyl (C=O) groups is 1. The molecule has 208 valence electrons. The molecule has 0 saturated carbocycles. The van der Waals surface area contributed by atoms with Gasteiger partial charge >= 0.3 is 0 Å². The lowest BCUT2D eigenvalue weighted by molar-refractivity contribution is -0.117. The van der Waals surface area contributed by atoms with Gasteiger partial charge in [-0.1, -0.05) is 80.7 Å². The summed E-state index contributed by atoms with van der Waals surface area (Å²) in [6.45, 7) is 19.8. The van der Waals surface area contributed by atoms with Crippen molar-refractivity contribution in [3.8, 4) is 0 Å². The smallest absolute Gasteiger partial charge is 0.178 e. The number of nitrogens with zero attached hydrogens (tertiary/aromatic N) is 2. The van der Waals surface area contributed by atoms with Crippen LogP contribution in [0.3, 0.4) is 0 Å². The molecule has 0 amide bonds. The van der Waals surface area contributed by atoms with Crippen molar-refractivity contribution in [1.82, 2.24) is 15.1 Å². The number of fused-ring (bicyclic) bond motifs is 1. The van der Waals surface area contributed by atoms with Crippen molar-refractivity contribution in [1.29, 1.82) is 0 Å². The van der Waals surface area contributed by atoms with Gasteiger partial charge in [0.15, 0.2) is 5.78 Å². The van der Waals surface area contributed by atoms with Crippen LogP contribution < -0.4 is 5.32 Å². The first-order valence-corrected chi connectivity index (χ1v) is 14.4. The van der Waals surface area contributed by atoms with E-state index in [1.807, 2.05) is 26.1 Å². The molecule has 1 N–H and O–H groups in total. The second-order valence-corrected chi connectivity index (χ2v) is 10.6. The van der Waals surface area contributed by atoms with Gasteiger partial charge in [-0.05, 0) is 81.5 Å². The maximum Gasteiger partial charge on any atom is 0.178 e. The van der Waals surface area contributed by atoms with Crippen molar-refractivity contribution >= 4 is 5.78 Å². The summed E-state index contributed by atoms with van der Waals surface area (Å²) in [6.07, 6.45) is 19.3. The summed E-state index contributed by atoms with van der Waals surface area (Å²) < 4.78 is 0. The van der Waals surface area contributed by atoms with Crippen LogP contribution in [0.4, 0.5) is 0 Å². The number of carbonyl (C=O) groups excluding carboxylic acids is 1. The molecule has 3 rings (SSSR count). The lowest BCUT2D eigenvalue weighted by Crippen LogP contribution is -2.45. The van der Waals surface area contributed by atoms with E-state index in [-0.39, 0.29) is 11.8 Å². The molecule has 2 aliphatic heterocycles. The van der Waals surface area contributed by atoms with E-state index in [1.165, 1.54) is 22.3 Å². The fourth-order valence-corrected chi connectivity index (χ4v) is 5.70. The maximum absolute atomic E-state index is 14.0. The Bertz CT molecular complexity index is 1210. The minimum absolute atomic E-state index is 0.0982. The first-order chi connectivity index (χ1) is 18.8. The first-order valence-electron chi connectivity index (χ1n) is 14.4. The third-order valence-corrected chi connectivity index (χ3v) is 7.61. The zero-order valence-electron chi connectivity index (χ0n) is 24.9. The van der Waals surface area contributed by atoms with Gasteiger partial charge in [0.2, 0.25) is 0 Å². The predicted octanol–water partition coefficient (Wildman–Crippen LogP) is 7.36. The Labute approximate surface area is 236 Å². The number of rotatable bonds is 10. The second kappa shape index (κ2) is 14.7. The highest BCUT2D eigenvalue weighted by Gasteiger charge is 2.33. The Kier molecular flexibility index (Phi) is 11.4. The van der Waals surface area contributed by atoms with Gasteiger partial charge in [0.05, 0.1) is 12.6 Å². The molecular weight excluding hydrogens is 478 g/mol. The van der Waals surface area contributed by atoms with Crippen molar-refractivity contribution in [2.24, 2.45) is 0 Å². The number of benzene rings is 1. The van der Waals surface area contributed by atoms with Gasteiger partial charge in [-0.2, -0.15) is 0 Å². The highest BCUT2D eigenvalue weighted by molar-refractivity contribution is 6.01. The van der Waals surface area contributed by atoms with Crippen LogP contribution in [0.1, 0.15) is 70.7 Å². The zero-order chi connectivity index (χ0) is 28.4. The first kappa shape index (κ1) is 30.2. The Morgan fingerprint density at radius 1 is 1.18 bits per heavy atom. The summed E-state index contributed by atoms with van der Waals surface area (Å²) in [5, 5.41) is 3.31. The van der Waals surface area contributed by atoms with E-state index in [2.05, 4.69) is 104 Å². The van der Waals surface area contributed by atoms with E-state index < -0.39 is 0 Å². The minimum Gasteiger partial charge on any atom is -0.366 e. The van der Waals surface area contributed by atoms with Crippen LogP contribution in [0, 0.1) is 0 Å². The normalized spacial score (nSPS) is 22.3. The van der Waals surface area contributed by atoms with Crippen molar-refractivity contribution in [2.75, 3.05) is 26.2 Å². The molecule has 2 heterocycles. The molecule has 1 aromatic rings. The molecular formula is C35H47N3O. The molecule has 39 heavy (non-hydrogen) atoms. The van der Waals surface area contributed by atoms with Crippen LogP contribution in [0.15, 0.2) is 102 Å². The van der Waals surface area contributed by atoms with Gasteiger partial charge < -0.3 is 10.2 Å². The zero-order valence-corrected chi connectivity index (χ0v) is 24.9. The Morgan fingerprint density at radius 2 is 1.97 bits per heavy atom. The van der Waals surface area contributed by atoms with Crippen LogP contribution in [-0.2, 0) is 17.6 Å². The van der Waals surface area contributed by atoms with Gasteiger partial charge in [0.25, 0.3) is 0 Å². The highest BCUT2D eigenvalue weighted by atomic mass is 16.1. The number of Topliss-reactive ketones (excluding diaryl/α,β-unsaturated/α-hetero) is 1. The standard InChI is InChI=1S/C35H47N3O/c1-8-15-27(5)34(29(7)36-21-9-2)33(39)25-37-22-20-31-19-14-18-30(10-3)35(31)32(37)24-38-23-26(4)16-12-11-13-17-28(38)6/h9,11-19,21,32,36H,6,8,10,20,22-25H2,1-5,7H3/b12-11-,17-13+,21-9+,26-16+,27-15+,34-29+. The molecule has 1 atom stereocenters. The van der Waals surface area contributed by atoms with E-state index in [4.69, 9.17) is 0 Å². The Balaban J connectivity index is 2.03. The van der Waals surface area contributed by atoms with Crippen molar-refractivity contribution in [3.05, 3.63) is 118 Å². The van der Waals surface area contributed by atoms with Gasteiger partial charge in [-0.3, -0.25) is 9.69 Å². The minimum atomic E-state index is 0.0982. The summed E-state index contributed by atoms with van der Waals surface area (Å²) >= 11 is 0. The lowest BCUT2D eigenvalue weighted by Gasteiger charge is -2.41. The van der Waals surface area contributed by atoms with E-state index >= 15 is 0 Å². The molecule has 2 aliphatic rings. The van der Waals surface area contributed by atoms with Crippen molar-refractivity contribution < 1.29 is 4.79 Å². The van der Waals surface area contributed by atoms with Gasteiger partial charge in [-0.15, -0.1) is 0 Å². The van der Waals surface area contributed by atoms with Crippen LogP contribution in [-0.4, -0.2) is 41.8 Å². The summed E-state index contributed by atoms with van der Waals surface area (Å²) in [7, 11) is 0. The van der Waals surface area contributed by atoms with Crippen LogP contribution in [0.5, 0.6) is 0 Å². The largest absolute Gasteiger partial charge is 0.366 e. The molecule has 0 bridgehead atoms. The monoisotopic (exact) mass is 525 g/mol. The summed E-state index contributed by atoms with van der Waals surface area (Å²) in [5.74, 6) is 0.164. The van der Waals surface area contributed by atoms with E-state index in [0.717, 1.165) is 61.4 Å². The second-order valence-electron chi connectivity index (χ2n) is 10.6. The number of hydrogen-bond donors (Lipinski definition) is 1. The summed E-state index contributed by atoms with van der Waals surface area (Å²) in [4.78, 5) is 18.8. The molecule has 4 heteroatoms. The fourth-order valence-electron chi connectivity index (χ4n) is 5.70. The maximum atomic E-state index is 14.0. The SMILES string of the molecule is C=C1/C=C/C=C\C=C(/C)CN1CC1c2c(CC)cccc2CCN1CC(=O)C(/C(C)=C/CC)=C(\C)N/C=C/C. The Hall–Kier alpha value is -3.37. The van der Waals surface area contributed by atoms with Crippen LogP contribution in [0.2, 0.25) is 0 Å². The molecule has 0 spiro atoms. The van der Waals surface area contributed by atoms with Crippen LogP contribution in [0.25, 0.3) is 0 Å². The van der Waals surface area contributed by atoms with Gasteiger partial charge in [0.1, 0.15) is 0 Å². The van der Waals surface area contributed by atoms with Crippen molar-refractivity contribution in [2.45, 2.75) is 66.8 Å². The van der Waals surface area contributed by atoms with E-state index in [1.54, 1.807) is 0 Å². The molecule has 0 aromatic heterocycles. The predicted molar refractivity (Wildman–Crippen MR) is 166 cm³/mol. The highest BCUT2D eigenvalue weighted by Crippen LogP contribution is 2.35. The molecule has 0 saturated heterocycles. The van der Waals surface area contributed by atoms with Gasteiger partial charge in [0, 0.05) is 36.6 Å². The number of ketones is 1. The van der Waals surface area contributed by atoms with Crippen molar-refractivity contribution in [3.63, 3.8) is 0 Å². The fraction of sp³-hybridized carbons (Fsp3) is 0.400. The molecule has 0 aliphatic carbocycles. The summed E-state index contributed by atoms with van der Waals surface area (Å²) in [6, 6.07) is 6.81. The van der Waals surface area contributed by atoms with E-state index in [9.17, 15) is 4.79 Å². The molecule has 1 aromatic carbocycles. The Morgan fingerprint density at radius 3 is 2.69 bits per heavy atom.